The molecule has 0 unspecified atom stereocenters. The molecule has 4 nitrogen and oxygen atoms in total. The molecular formula is C16H18N2O2S. The van der Waals surface area contributed by atoms with Crippen molar-refractivity contribution < 1.29 is 9.53 Å². The minimum atomic E-state index is -0.0810. The van der Waals surface area contributed by atoms with Gasteiger partial charge < -0.3 is 15.8 Å². The van der Waals surface area contributed by atoms with Crippen molar-refractivity contribution in [3.63, 3.8) is 0 Å². The number of hydrogen-bond acceptors (Lipinski definition) is 4. The average Bonchev–Trinajstić information content (AvgIpc) is 2.98. The van der Waals surface area contributed by atoms with E-state index in [2.05, 4.69) is 11.4 Å². The zero-order valence-electron chi connectivity index (χ0n) is 12.2. The van der Waals surface area contributed by atoms with Gasteiger partial charge in [-0.05, 0) is 29.7 Å². The van der Waals surface area contributed by atoms with Crippen LogP contribution in [0, 0.1) is 0 Å². The van der Waals surface area contributed by atoms with E-state index in [1.807, 2.05) is 19.1 Å². The summed E-state index contributed by atoms with van der Waals surface area (Å²) in [6.45, 7) is 2.69. The Morgan fingerprint density at radius 3 is 3.00 bits per heavy atom. The molecule has 0 aliphatic heterocycles. The number of amides is 1. The molecule has 1 amide bonds. The number of hydrogen-bond donors (Lipinski definition) is 2. The first-order valence-corrected chi connectivity index (χ1v) is 7.84. The second-order valence-electron chi connectivity index (χ2n) is 5.10. The van der Waals surface area contributed by atoms with E-state index < -0.39 is 0 Å². The summed E-state index contributed by atoms with van der Waals surface area (Å²) in [5.74, 6) is 0.716. The summed E-state index contributed by atoms with van der Waals surface area (Å²) in [6.07, 6.45) is 1.74. The Hall–Kier alpha value is -2.01. The van der Waals surface area contributed by atoms with Crippen molar-refractivity contribution in [2.24, 2.45) is 0 Å². The van der Waals surface area contributed by atoms with Crippen molar-refractivity contribution >= 4 is 22.2 Å². The Kier molecular flexibility index (Phi) is 3.59. The summed E-state index contributed by atoms with van der Waals surface area (Å²) < 4.78 is 5.30. The van der Waals surface area contributed by atoms with Crippen molar-refractivity contribution in [2.75, 3.05) is 19.4 Å². The molecule has 1 aliphatic rings. The summed E-state index contributed by atoms with van der Waals surface area (Å²) in [5, 5.41) is 3.52. The van der Waals surface area contributed by atoms with Crippen LogP contribution in [0.25, 0.3) is 11.1 Å². The number of thiophene rings is 1. The number of methoxy groups -OCH3 is 1. The summed E-state index contributed by atoms with van der Waals surface area (Å²) >= 11 is 1.51. The number of carbonyl (C=O) groups excluding carboxylic acids is 1. The fraction of sp³-hybridized carbons (Fsp3) is 0.312. The van der Waals surface area contributed by atoms with Crippen LogP contribution in [0.4, 0.5) is 5.00 Å². The molecule has 0 fully saturated rings. The lowest BCUT2D eigenvalue weighted by atomic mass is 10.0. The quantitative estimate of drug-likeness (QED) is 0.778. The van der Waals surface area contributed by atoms with E-state index in [0.717, 1.165) is 34.6 Å². The molecule has 1 heterocycles. The molecule has 1 aliphatic carbocycles. The van der Waals surface area contributed by atoms with Crippen LogP contribution in [0.5, 0.6) is 5.75 Å². The van der Waals surface area contributed by atoms with Gasteiger partial charge in [0.1, 0.15) is 5.75 Å². The molecule has 0 saturated heterocycles. The van der Waals surface area contributed by atoms with Crippen LogP contribution in [0.3, 0.4) is 0 Å². The monoisotopic (exact) mass is 302 g/mol. The van der Waals surface area contributed by atoms with E-state index in [0.29, 0.717) is 17.1 Å². The van der Waals surface area contributed by atoms with Gasteiger partial charge in [0.15, 0.2) is 0 Å². The molecule has 0 atom stereocenters. The molecular weight excluding hydrogens is 284 g/mol. The largest absolute Gasteiger partial charge is 0.497 e. The minimum Gasteiger partial charge on any atom is -0.497 e. The topological polar surface area (TPSA) is 64.4 Å². The third-order valence-electron chi connectivity index (χ3n) is 3.71. The van der Waals surface area contributed by atoms with Gasteiger partial charge in [-0.25, -0.2) is 0 Å². The molecule has 110 valence electrons. The highest BCUT2D eigenvalue weighted by atomic mass is 32.1. The van der Waals surface area contributed by atoms with Crippen LogP contribution in [0.2, 0.25) is 0 Å². The smallest absolute Gasteiger partial charge is 0.254 e. The van der Waals surface area contributed by atoms with Crippen LogP contribution in [0.15, 0.2) is 18.2 Å². The van der Waals surface area contributed by atoms with Crippen LogP contribution in [0.1, 0.15) is 34.1 Å². The summed E-state index contributed by atoms with van der Waals surface area (Å²) in [5.41, 5.74) is 9.98. The predicted molar refractivity (Wildman–Crippen MR) is 86.1 cm³/mol. The summed E-state index contributed by atoms with van der Waals surface area (Å²) in [4.78, 5) is 13.6. The van der Waals surface area contributed by atoms with Gasteiger partial charge in [0.2, 0.25) is 0 Å². The molecule has 0 bridgehead atoms. The summed E-state index contributed by atoms with van der Waals surface area (Å²) in [7, 11) is 1.65. The van der Waals surface area contributed by atoms with Crippen molar-refractivity contribution in [2.45, 2.75) is 19.8 Å². The SMILES string of the molecule is CCCNC(=O)c1c(N)sc2c1-c1cc(OC)ccc1C2. The predicted octanol–water partition coefficient (Wildman–Crippen LogP) is 3.05. The first kappa shape index (κ1) is 13.9. The number of ether oxygens (including phenoxy) is 1. The molecule has 5 heteroatoms. The second kappa shape index (κ2) is 5.41. The molecule has 0 saturated carbocycles. The normalized spacial score (nSPS) is 11.9. The highest BCUT2D eigenvalue weighted by Crippen LogP contribution is 2.47. The first-order chi connectivity index (χ1) is 10.2. The van der Waals surface area contributed by atoms with Crippen molar-refractivity contribution in [1.82, 2.24) is 5.32 Å². The summed E-state index contributed by atoms with van der Waals surface area (Å²) in [6, 6.07) is 6.00. The molecule has 1 aromatic carbocycles. The number of nitrogens with two attached hydrogens (primary N) is 1. The highest BCUT2D eigenvalue weighted by molar-refractivity contribution is 7.17. The Morgan fingerprint density at radius 1 is 1.48 bits per heavy atom. The van der Waals surface area contributed by atoms with Crippen molar-refractivity contribution in [3.8, 4) is 16.9 Å². The molecule has 1 aromatic heterocycles. The van der Waals surface area contributed by atoms with E-state index in [9.17, 15) is 4.79 Å². The minimum absolute atomic E-state index is 0.0810. The maximum Gasteiger partial charge on any atom is 0.254 e. The Balaban J connectivity index is 2.08. The van der Waals surface area contributed by atoms with Gasteiger partial charge >= 0.3 is 0 Å². The first-order valence-electron chi connectivity index (χ1n) is 7.02. The Bertz CT molecular complexity index is 707. The lowest BCUT2D eigenvalue weighted by Crippen LogP contribution is -2.24. The lowest BCUT2D eigenvalue weighted by Gasteiger charge is -2.08. The number of nitrogens with one attached hydrogen (secondary N) is 1. The number of anilines is 1. The maximum atomic E-state index is 12.4. The number of benzene rings is 1. The Labute approximate surface area is 127 Å². The van der Waals surface area contributed by atoms with Gasteiger partial charge in [-0.2, -0.15) is 0 Å². The Morgan fingerprint density at radius 2 is 2.29 bits per heavy atom. The molecule has 0 spiro atoms. The van der Waals surface area contributed by atoms with Crippen molar-refractivity contribution in [1.29, 1.82) is 0 Å². The lowest BCUT2D eigenvalue weighted by molar-refractivity contribution is 0.0955. The average molecular weight is 302 g/mol. The van der Waals surface area contributed by atoms with E-state index in [1.165, 1.54) is 16.9 Å². The third-order valence-corrected chi connectivity index (χ3v) is 4.73. The van der Waals surface area contributed by atoms with Crippen LogP contribution in [-0.4, -0.2) is 19.6 Å². The van der Waals surface area contributed by atoms with E-state index in [1.54, 1.807) is 7.11 Å². The molecule has 21 heavy (non-hydrogen) atoms. The fourth-order valence-corrected chi connectivity index (χ4v) is 3.81. The van der Waals surface area contributed by atoms with Gasteiger partial charge in [-0.3, -0.25) is 4.79 Å². The zero-order valence-corrected chi connectivity index (χ0v) is 13.0. The molecule has 3 N–H and O–H groups in total. The number of rotatable bonds is 4. The molecule has 3 rings (SSSR count). The second-order valence-corrected chi connectivity index (χ2v) is 6.23. The molecule has 0 radical (unpaired) electrons. The van der Waals surface area contributed by atoms with Gasteiger partial charge in [0.05, 0.1) is 17.7 Å². The standard InChI is InChI=1S/C16H18N2O2S/c1-3-6-18-16(19)14-13-11-8-10(20-2)5-4-9(11)7-12(13)21-15(14)17/h4-5,8H,3,6-7,17H2,1-2H3,(H,18,19). The van der Waals surface area contributed by atoms with Crippen LogP contribution in [-0.2, 0) is 6.42 Å². The highest BCUT2D eigenvalue weighted by Gasteiger charge is 2.29. The van der Waals surface area contributed by atoms with Gasteiger partial charge in [-0.1, -0.05) is 13.0 Å². The van der Waals surface area contributed by atoms with Gasteiger partial charge in [0, 0.05) is 23.4 Å². The number of nitrogen functional groups attached to an aromatic ring is 1. The van der Waals surface area contributed by atoms with Gasteiger partial charge in [-0.15, -0.1) is 11.3 Å². The van der Waals surface area contributed by atoms with Crippen LogP contribution >= 0.6 is 11.3 Å². The van der Waals surface area contributed by atoms with E-state index in [4.69, 9.17) is 10.5 Å². The van der Waals surface area contributed by atoms with E-state index >= 15 is 0 Å². The number of fused-ring (bicyclic) bond motifs is 3. The van der Waals surface area contributed by atoms with Crippen LogP contribution < -0.4 is 15.8 Å². The molecule has 2 aromatic rings. The van der Waals surface area contributed by atoms with Gasteiger partial charge in [0.25, 0.3) is 5.91 Å². The third kappa shape index (κ3) is 2.27. The zero-order chi connectivity index (χ0) is 15.0. The van der Waals surface area contributed by atoms with Crippen molar-refractivity contribution in [3.05, 3.63) is 34.2 Å². The maximum absolute atomic E-state index is 12.4. The van der Waals surface area contributed by atoms with E-state index in [-0.39, 0.29) is 5.91 Å². The fourth-order valence-electron chi connectivity index (χ4n) is 2.70. The number of carbonyl (C=O) groups is 1.